The van der Waals surface area contributed by atoms with Crippen molar-refractivity contribution in [3.8, 4) is 0 Å². The molecule has 4 rings (SSSR count). The Morgan fingerprint density at radius 3 is 2.22 bits per heavy atom. The van der Waals surface area contributed by atoms with Crippen molar-refractivity contribution in [2.24, 2.45) is 0 Å². The molecule has 0 fully saturated rings. The Hall–Kier alpha value is -2.30. The Bertz CT molecular complexity index is 990. The van der Waals surface area contributed by atoms with E-state index in [0.29, 0.717) is 22.3 Å². The molecule has 1 aliphatic carbocycles. The normalized spacial score (nSPS) is 14.0. The lowest BCUT2D eigenvalue weighted by Crippen LogP contribution is -2.20. The van der Waals surface area contributed by atoms with Crippen molar-refractivity contribution in [1.29, 1.82) is 0 Å². The van der Waals surface area contributed by atoms with Gasteiger partial charge in [-0.3, -0.25) is 9.59 Å². The highest BCUT2D eigenvalue weighted by Crippen LogP contribution is 2.39. The summed E-state index contributed by atoms with van der Waals surface area (Å²) in [5, 5.41) is 11.0. The number of aliphatic hydroxyl groups is 1. The molecule has 0 unspecified atom stereocenters. The Morgan fingerprint density at radius 1 is 0.913 bits per heavy atom. The SMILES string of the molecule is CC(C)(O)c1cc2c3c(ccc2s1)C(=O)c1ccccc1C3=O. The van der Waals surface area contributed by atoms with Crippen molar-refractivity contribution in [2.75, 3.05) is 0 Å². The van der Waals surface area contributed by atoms with Gasteiger partial charge in [-0.05, 0) is 32.0 Å². The molecule has 0 bridgehead atoms. The first kappa shape index (κ1) is 14.3. The maximum Gasteiger partial charge on any atom is 0.195 e. The summed E-state index contributed by atoms with van der Waals surface area (Å²) in [6.07, 6.45) is 0. The predicted molar refractivity (Wildman–Crippen MR) is 90.4 cm³/mol. The van der Waals surface area contributed by atoms with Crippen LogP contribution in [0.15, 0.2) is 42.5 Å². The van der Waals surface area contributed by atoms with Crippen LogP contribution in [-0.4, -0.2) is 16.7 Å². The lowest BCUT2D eigenvalue weighted by molar-refractivity contribution is 0.0826. The summed E-state index contributed by atoms with van der Waals surface area (Å²) in [7, 11) is 0. The zero-order chi connectivity index (χ0) is 16.4. The number of ketones is 2. The average molecular weight is 322 g/mol. The first-order valence-electron chi connectivity index (χ1n) is 7.36. The van der Waals surface area contributed by atoms with E-state index < -0.39 is 5.60 Å². The minimum atomic E-state index is -0.976. The zero-order valence-electron chi connectivity index (χ0n) is 12.7. The molecule has 0 atom stereocenters. The third-order valence-corrected chi connectivity index (χ3v) is 5.61. The molecule has 3 aromatic rings. The van der Waals surface area contributed by atoms with Gasteiger partial charge in [0.1, 0.15) is 0 Å². The van der Waals surface area contributed by atoms with Gasteiger partial charge in [0.15, 0.2) is 11.6 Å². The molecule has 0 aliphatic heterocycles. The number of hydrogen-bond acceptors (Lipinski definition) is 4. The fourth-order valence-electron chi connectivity index (χ4n) is 3.01. The first-order valence-corrected chi connectivity index (χ1v) is 8.17. The van der Waals surface area contributed by atoms with Gasteiger partial charge in [-0.25, -0.2) is 0 Å². The summed E-state index contributed by atoms with van der Waals surface area (Å²) in [4.78, 5) is 26.4. The number of benzene rings is 2. The van der Waals surface area contributed by atoms with E-state index in [-0.39, 0.29) is 11.6 Å². The van der Waals surface area contributed by atoms with Gasteiger partial charge >= 0.3 is 0 Å². The second kappa shape index (κ2) is 4.60. The highest BCUT2D eigenvalue weighted by Gasteiger charge is 2.32. The largest absolute Gasteiger partial charge is 0.385 e. The van der Waals surface area contributed by atoms with Gasteiger partial charge in [-0.15, -0.1) is 11.3 Å². The van der Waals surface area contributed by atoms with Crippen LogP contribution in [0.5, 0.6) is 0 Å². The van der Waals surface area contributed by atoms with Crippen molar-refractivity contribution in [1.82, 2.24) is 0 Å². The highest BCUT2D eigenvalue weighted by atomic mass is 32.1. The molecule has 0 radical (unpaired) electrons. The summed E-state index contributed by atoms with van der Waals surface area (Å²) < 4.78 is 0.904. The maximum atomic E-state index is 12.9. The van der Waals surface area contributed by atoms with Crippen molar-refractivity contribution in [3.63, 3.8) is 0 Å². The Kier molecular flexibility index (Phi) is 2.86. The number of carbonyl (C=O) groups excluding carboxylic acids is 2. The molecule has 4 heteroatoms. The summed E-state index contributed by atoms with van der Waals surface area (Å²) >= 11 is 1.45. The van der Waals surface area contributed by atoms with Crippen molar-refractivity contribution in [2.45, 2.75) is 19.4 Å². The summed E-state index contributed by atoms with van der Waals surface area (Å²) in [6.45, 7) is 3.43. The molecule has 0 saturated carbocycles. The fourth-order valence-corrected chi connectivity index (χ4v) is 4.08. The number of hydrogen-bond donors (Lipinski definition) is 1. The third kappa shape index (κ3) is 1.99. The van der Waals surface area contributed by atoms with Crippen LogP contribution >= 0.6 is 11.3 Å². The van der Waals surface area contributed by atoms with Gasteiger partial charge < -0.3 is 5.11 Å². The summed E-state index contributed by atoms with van der Waals surface area (Å²) in [5.41, 5.74) is 0.839. The molecule has 1 heterocycles. The minimum absolute atomic E-state index is 0.117. The quantitative estimate of drug-likeness (QED) is 0.578. The Morgan fingerprint density at radius 2 is 1.57 bits per heavy atom. The van der Waals surface area contributed by atoms with Crippen LogP contribution in [0.2, 0.25) is 0 Å². The molecule has 1 aliphatic rings. The molecule has 2 aromatic carbocycles. The number of carbonyl (C=O) groups is 2. The van der Waals surface area contributed by atoms with Gasteiger partial charge in [0.05, 0.1) is 5.60 Å². The molecule has 3 nitrogen and oxygen atoms in total. The van der Waals surface area contributed by atoms with Gasteiger partial charge in [-0.1, -0.05) is 24.3 Å². The van der Waals surface area contributed by atoms with Crippen LogP contribution in [0.4, 0.5) is 0 Å². The van der Waals surface area contributed by atoms with Crippen LogP contribution in [0.1, 0.15) is 50.6 Å². The van der Waals surface area contributed by atoms with E-state index in [4.69, 9.17) is 0 Å². The molecule has 0 amide bonds. The molecular weight excluding hydrogens is 308 g/mol. The first-order chi connectivity index (χ1) is 10.9. The zero-order valence-corrected chi connectivity index (χ0v) is 13.5. The number of thiophene rings is 1. The van der Waals surface area contributed by atoms with Crippen LogP contribution in [0.3, 0.4) is 0 Å². The molecule has 114 valence electrons. The summed E-state index contributed by atoms with van der Waals surface area (Å²) in [5.74, 6) is -0.242. The Balaban J connectivity index is 2.05. The van der Waals surface area contributed by atoms with E-state index >= 15 is 0 Å². The monoisotopic (exact) mass is 322 g/mol. The van der Waals surface area contributed by atoms with Crippen molar-refractivity contribution >= 4 is 33.0 Å². The van der Waals surface area contributed by atoms with Crippen molar-refractivity contribution < 1.29 is 14.7 Å². The smallest absolute Gasteiger partial charge is 0.195 e. The predicted octanol–water partition coefficient (Wildman–Crippen LogP) is 3.90. The molecule has 1 N–H and O–H groups in total. The molecule has 23 heavy (non-hydrogen) atoms. The van der Waals surface area contributed by atoms with Crippen LogP contribution in [0, 0.1) is 0 Å². The van der Waals surface area contributed by atoms with Crippen LogP contribution in [-0.2, 0) is 5.60 Å². The highest BCUT2D eigenvalue weighted by molar-refractivity contribution is 7.19. The van der Waals surface area contributed by atoms with E-state index in [1.165, 1.54) is 11.3 Å². The van der Waals surface area contributed by atoms with E-state index in [1.807, 2.05) is 12.1 Å². The lowest BCUT2D eigenvalue weighted by Gasteiger charge is -2.17. The molecular formula is C19H14O3S. The van der Waals surface area contributed by atoms with Gasteiger partial charge in [0.2, 0.25) is 0 Å². The molecule has 1 aromatic heterocycles. The van der Waals surface area contributed by atoms with E-state index in [2.05, 4.69) is 0 Å². The number of fused-ring (bicyclic) bond motifs is 4. The van der Waals surface area contributed by atoms with Gasteiger partial charge in [0.25, 0.3) is 0 Å². The second-order valence-electron chi connectivity index (χ2n) is 6.27. The second-order valence-corrected chi connectivity index (χ2v) is 7.36. The molecule has 0 saturated heterocycles. The van der Waals surface area contributed by atoms with Crippen LogP contribution < -0.4 is 0 Å². The van der Waals surface area contributed by atoms with Gasteiger partial charge in [0, 0.05) is 37.2 Å². The fraction of sp³-hybridized carbons (Fsp3) is 0.158. The third-order valence-electron chi connectivity index (χ3n) is 4.19. The van der Waals surface area contributed by atoms with E-state index in [1.54, 1.807) is 44.2 Å². The summed E-state index contributed by atoms with van der Waals surface area (Å²) in [6, 6.07) is 12.3. The van der Waals surface area contributed by atoms with Crippen molar-refractivity contribution in [3.05, 3.63) is 69.6 Å². The standard InChI is InChI=1S/C19H14O3S/c1-19(2,22)15-9-13-14(23-15)8-7-12-16(13)18(21)11-6-4-3-5-10(11)17(12)20/h3-9,22H,1-2H3. The molecule has 0 spiro atoms. The Labute approximate surface area is 137 Å². The van der Waals surface area contributed by atoms with E-state index in [0.717, 1.165) is 15.0 Å². The minimum Gasteiger partial charge on any atom is -0.385 e. The van der Waals surface area contributed by atoms with Gasteiger partial charge in [-0.2, -0.15) is 0 Å². The number of rotatable bonds is 1. The van der Waals surface area contributed by atoms with E-state index in [9.17, 15) is 14.7 Å². The average Bonchev–Trinajstić information content (AvgIpc) is 2.96. The topological polar surface area (TPSA) is 54.4 Å². The van der Waals surface area contributed by atoms with Crippen LogP contribution in [0.25, 0.3) is 10.1 Å². The lowest BCUT2D eigenvalue weighted by atomic mass is 9.82. The maximum absolute atomic E-state index is 12.9.